The zero-order valence-corrected chi connectivity index (χ0v) is 10.1. The van der Waals surface area contributed by atoms with Gasteiger partial charge in [0, 0.05) is 6.20 Å². The van der Waals surface area contributed by atoms with E-state index in [1.165, 1.54) is 18.4 Å². The fourth-order valence-corrected chi connectivity index (χ4v) is 1.81. The normalized spacial score (nSPS) is 16.3. The van der Waals surface area contributed by atoms with Crippen molar-refractivity contribution in [2.24, 2.45) is 0 Å². The van der Waals surface area contributed by atoms with E-state index in [1.807, 2.05) is 12.3 Å². The highest BCUT2D eigenvalue weighted by Crippen LogP contribution is 2.24. The summed E-state index contributed by atoms with van der Waals surface area (Å²) >= 11 is 0. The van der Waals surface area contributed by atoms with Crippen molar-refractivity contribution in [2.45, 2.75) is 18.8 Å². The Kier molecular flexibility index (Phi) is 6.65. The van der Waals surface area contributed by atoms with Crippen molar-refractivity contribution >= 4 is 30.6 Å². The molecule has 0 spiro atoms. The van der Waals surface area contributed by atoms with Crippen LogP contribution in [0.1, 0.15) is 24.3 Å². The Balaban J connectivity index is 0.000000980. The summed E-state index contributed by atoms with van der Waals surface area (Å²) in [5.74, 6) is 1.28. The van der Waals surface area contributed by atoms with E-state index >= 15 is 0 Å². The zero-order chi connectivity index (χ0) is 9.10. The molecule has 0 atom stereocenters. The number of halogens is 2. The van der Waals surface area contributed by atoms with E-state index in [2.05, 4.69) is 16.4 Å². The van der Waals surface area contributed by atoms with Crippen LogP contribution in [-0.2, 0) is 0 Å². The standard InChI is InChI=1S/C10H15N3.2ClH/c11-10-2-1-9(7-13-10)8-3-5-12-6-4-8;;/h1-2,7-8,12H,3-6H2,(H2,11,13);2*1H. The number of piperidine rings is 1. The molecule has 0 aromatic carbocycles. The van der Waals surface area contributed by atoms with Crippen LogP contribution in [0.15, 0.2) is 18.3 Å². The molecule has 1 aliphatic heterocycles. The highest BCUT2D eigenvalue weighted by atomic mass is 35.5. The lowest BCUT2D eigenvalue weighted by Crippen LogP contribution is -2.26. The molecule has 1 aliphatic rings. The van der Waals surface area contributed by atoms with Crippen LogP contribution in [0.5, 0.6) is 0 Å². The van der Waals surface area contributed by atoms with Gasteiger partial charge < -0.3 is 11.1 Å². The van der Waals surface area contributed by atoms with Gasteiger partial charge in [-0.3, -0.25) is 0 Å². The van der Waals surface area contributed by atoms with Crippen molar-refractivity contribution in [1.82, 2.24) is 10.3 Å². The lowest BCUT2D eigenvalue weighted by atomic mass is 9.91. The number of nitrogens with two attached hydrogens (primary N) is 1. The molecular weight excluding hydrogens is 233 g/mol. The van der Waals surface area contributed by atoms with Gasteiger partial charge in [-0.15, -0.1) is 24.8 Å². The number of hydrogen-bond acceptors (Lipinski definition) is 3. The first-order chi connectivity index (χ1) is 6.36. The third-order valence-electron chi connectivity index (χ3n) is 2.62. The lowest BCUT2D eigenvalue weighted by molar-refractivity contribution is 0.459. The van der Waals surface area contributed by atoms with Crippen LogP contribution in [0.3, 0.4) is 0 Å². The van der Waals surface area contributed by atoms with E-state index in [1.54, 1.807) is 0 Å². The number of hydrogen-bond donors (Lipinski definition) is 2. The van der Waals surface area contributed by atoms with Crippen molar-refractivity contribution in [3.05, 3.63) is 23.9 Å². The SMILES string of the molecule is Cl.Cl.Nc1ccc(C2CCNCC2)cn1. The molecule has 3 nitrogen and oxygen atoms in total. The maximum absolute atomic E-state index is 5.53. The number of nitrogens with one attached hydrogen (secondary N) is 1. The average Bonchev–Trinajstić information content (AvgIpc) is 2.20. The Morgan fingerprint density at radius 2 is 1.87 bits per heavy atom. The van der Waals surface area contributed by atoms with Gasteiger partial charge >= 0.3 is 0 Å². The monoisotopic (exact) mass is 249 g/mol. The highest BCUT2D eigenvalue weighted by molar-refractivity contribution is 5.85. The van der Waals surface area contributed by atoms with Crippen molar-refractivity contribution in [2.75, 3.05) is 18.8 Å². The molecule has 3 N–H and O–H groups in total. The molecule has 15 heavy (non-hydrogen) atoms. The Morgan fingerprint density at radius 1 is 1.20 bits per heavy atom. The van der Waals surface area contributed by atoms with Crippen LogP contribution in [0, 0.1) is 0 Å². The smallest absolute Gasteiger partial charge is 0.123 e. The number of aromatic nitrogens is 1. The highest BCUT2D eigenvalue weighted by Gasteiger charge is 2.14. The Morgan fingerprint density at radius 3 is 2.40 bits per heavy atom. The third-order valence-corrected chi connectivity index (χ3v) is 2.62. The van der Waals surface area contributed by atoms with Gasteiger partial charge in [-0.05, 0) is 43.5 Å². The number of nitrogens with zero attached hydrogens (tertiary/aromatic N) is 1. The van der Waals surface area contributed by atoms with Crippen LogP contribution in [0.25, 0.3) is 0 Å². The van der Waals surface area contributed by atoms with Crippen LogP contribution in [-0.4, -0.2) is 18.1 Å². The minimum atomic E-state index is 0. The topological polar surface area (TPSA) is 50.9 Å². The molecule has 0 bridgehead atoms. The van der Waals surface area contributed by atoms with Crippen molar-refractivity contribution in [3.8, 4) is 0 Å². The molecule has 2 rings (SSSR count). The first kappa shape index (κ1) is 14.5. The van der Waals surface area contributed by atoms with E-state index in [9.17, 15) is 0 Å². The first-order valence-electron chi connectivity index (χ1n) is 4.78. The summed E-state index contributed by atoms with van der Waals surface area (Å²) in [6.45, 7) is 2.24. The number of nitrogen functional groups attached to an aromatic ring is 1. The molecule has 1 saturated heterocycles. The Labute approximate surface area is 103 Å². The van der Waals surface area contributed by atoms with Gasteiger partial charge in [0.15, 0.2) is 0 Å². The van der Waals surface area contributed by atoms with Gasteiger partial charge in [-0.1, -0.05) is 6.07 Å². The molecular formula is C10H17Cl2N3. The Bertz CT molecular complexity index is 271. The fraction of sp³-hybridized carbons (Fsp3) is 0.500. The summed E-state index contributed by atoms with van der Waals surface area (Å²) in [6.07, 6.45) is 4.34. The number of anilines is 1. The van der Waals surface area contributed by atoms with E-state index in [4.69, 9.17) is 5.73 Å². The largest absolute Gasteiger partial charge is 0.384 e. The lowest BCUT2D eigenvalue weighted by Gasteiger charge is -2.22. The molecule has 1 fully saturated rings. The summed E-state index contributed by atoms with van der Waals surface area (Å²) < 4.78 is 0. The number of pyridine rings is 1. The van der Waals surface area contributed by atoms with E-state index in [-0.39, 0.29) is 24.8 Å². The van der Waals surface area contributed by atoms with Gasteiger partial charge in [0.05, 0.1) is 0 Å². The minimum Gasteiger partial charge on any atom is -0.384 e. The quantitative estimate of drug-likeness (QED) is 0.801. The van der Waals surface area contributed by atoms with Crippen LogP contribution in [0.2, 0.25) is 0 Å². The first-order valence-corrected chi connectivity index (χ1v) is 4.78. The minimum absolute atomic E-state index is 0. The molecule has 0 amide bonds. The van der Waals surface area contributed by atoms with Gasteiger partial charge in [0.2, 0.25) is 0 Å². The molecule has 1 aromatic rings. The zero-order valence-electron chi connectivity index (χ0n) is 8.48. The molecule has 5 heteroatoms. The molecule has 2 heterocycles. The van der Waals surface area contributed by atoms with Crippen molar-refractivity contribution < 1.29 is 0 Å². The van der Waals surface area contributed by atoms with Gasteiger partial charge in [0.1, 0.15) is 5.82 Å². The van der Waals surface area contributed by atoms with Gasteiger partial charge in [0.25, 0.3) is 0 Å². The maximum atomic E-state index is 5.53. The second kappa shape index (κ2) is 6.88. The molecule has 86 valence electrons. The summed E-state index contributed by atoms with van der Waals surface area (Å²) in [4.78, 5) is 4.11. The fourth-order valence-electron chi connectivity index (χ4n) is 1.81. The molecule has 0 aliphatic carbocycles. The van der Waals surface area contributed by atoms with E-state index in [0.29, 0.717) is 11.7 Å². The Hall–Kier alpha value is -0.510. The maximum Gasteiger partial charge on any atom is 0.123 e. The van der Waals surface area contributed by atoms with Crippen LogP contribution >= 0.6 is 24.8 Å². The predicted octanol–water partition coefficient (Wildman–Crippen LogP) is 1.97. The third kappa shape index (κ3) is 3.86. The van der Waals surface area contributed by atoms with E-state index in [0.717, 1.165) is 13.1 Å². The summed E-state index contributed by atoms with van der Waals surface area (Å²) in [5.41, 5.74) is 6.86. The summed E-state index contributed by atoms with van der Waals surface area (Å²) in [7, 11) is 0. The second-order valence-corrected chi connectivity index (χ2v) is 3.54. The summed E-state index contributed by atoms with van der Waals surface area (Å²) in [5, 5.41) is 3.35. The van der Waals surface area contributed by atoms with Crippen molar-refractivity contribution in [3.63, 3.8) is 0 Å². The molecule has 0 radical (unpaired) electrons. The predicted molar refractivity (Wildman–Crippen MR) is 68.0 cm³/mol. The van der Waals surface area contributed by atoms with Gasteiger partial charge in [-0.25, -0.2) is 4.98 Å². The van der Waals surface area contributed by atoms with Crippen LogP contribution < -0.4 is 11.1 Å². The summed E-state index contributed by atoms with van der Waals surface area (Å²) in [6, 6.07) is 3.98. The molecule has 0 saturated carbocycles. The molecule has 1 aromatic heterocycles. The van der Waals surface area contributed by atoms with Crippen molar-refractivity contribution in [1.29, 1.82) is 0 Å². The van der Waals surface area contributed by atoms with E-state index < -0.39 is 0 Å². The second-order valence-electron chi connectivity index (χ2n) is 3.54. The molecule has 0 unspecified atom stereocenters. The van der Waals surface area contributed by atoms with Gasteiger partial charge in [-0.2, -0.15) is 0 Å². The number of rotatable bonds is 1. The van der Waals surface area contributed by atoms with Crippen LogP contribution in [0.4, 0.5) is 5.82 Å². The average molecular weight is 250 g/mol.